The third kappa shape index (κ3) is 6.13. The Morgan fingerprint density at radius 1 is 1.09 bits per heavy atom. The van der Waals surface area contributed by atoms with E-state index in [1.165, 1.54) is 36.4 Å². The zero-order valence-corrected chi connectivity index (χ0v) is 18.8. The topological polar surface area (TPSA) is 108 Å². The first kappa shape index (κ1) is 24.8. The number of ether oxygens (including phenoxy) is 2. The molecule has 0 spiro atoms. The van der Waals surface area contributed by atoms with Gasteiger partial charge in [-0.15, -0.1) is 11.3 Å². The number of rotatable bonds is 9. The van der Waals surface area contributed by atoms with Gasteiger partial charge < -0.3 is 9.47 Å². The summed E-state index contributed by atoms with van der Waals surface area (Å²) in [6.45, 7) is 1.66. The fourth-order valence-corrected chi connectivity index (χ4v) is 4.08. The first-order chi connectivity index (χ1) is 16.3. The van der Waals surface area contributed by atoms with E-state index < -0.39 is 28.6 Å². The summed E-state index contributed by atoms with van der Waals surface area (Å²) in [6.07, 6.45) is -0.617. The van der Waals surface area contributed by atoms with Crippen molar-refractivity contribution in [2.45, 2.75) is 19.8 Å². The molecule has 1 heterocycles. The van der Waals surface area contributed by atoms with E-state index in [1.807, 2.05) is 0 Å². The number of carbonyl (C=O) groups excluding carboxylic acids is 2. The number of nitrogens with zero attached hydrogens (tertiary/aromatic N) is 1. The first-order valence-corrected chi connectivity index (χ1v) is 11.0. The number of nitrogens with one attached hydrogen (secondary N) is 1. The summed E-state index contributed by atoms with van der Waals surface area (Å²) in [5.41, 5.74) is 0.547. The molecule has 0 fully saturated rings. The van der Waals surface area contributed by atoms with E-state index in [-0.39, 0.29) is 47.9 Å². The van der Waals surface area contributed by atoms with Gasteiger partial charge in [0, 0.05) is 22.6 Å². The quantitative estimate of drug-likeness (QED) is 0.172. The minimum Gasteiger partial charge on any atom is -0.462 e. The average Bonchev–Trinajstić information content (AvgIpc) is 3.22. The summed E-state index contributed by atoms with van der Waals surface area (Å²) < 4.78 is 37.5. The van der Waals surface area contributed by atoms with Gasteiger partial charge in [-0.2, -0.15) is 0 Å². The van der Waals surface area contributed by atoms with Crippen LogP contribution >= 0.6 is 11.3 Å². The maximum atomic E-state index is 13.7. The molecular weight excluding hydrogens is 470 g/mol. The lowest BCUT2D eigenvalue weighted by molar-refractivity contribution is -0.384. The average molecular weight is 490 g/mol. The molecule has 8 nitrogen and oxygen atoms in total. The third-order valence-corrected chi connectivity index (χ3v) is 5.77. The van der Waals surface area contributed by atoms with Crippen molar-refractivity contribution in [3.8, 4) is 10.4 Å². The molecule has 1 N–H and O–H groups in total. The van der Waals surface area contributed by atoms with Gasteiger partial charge in [0.25, 0.3) is 5.69 Å². The molecule has 0 bridgehead atoms. The van der Waals surface area contributed by atoms with Gasteiger partial charge in [0.15, 0.2) is 0 Å². The fourth-order valence-electron chi connectivity index (χ4n) is 3.05. The van der Waals surface area contributed by atoms with Gasteiger partial charge >= 0.3 is 12.1 Å². The second kappa shape index (κ2) is 11.3. The Kier molecular flexibility index (Phi) is 8.25. The molecule has 0 aliphatic rings. The molecule has 3 rings (SSSR count). The van der Waals surface area contributed by atoms with E-state index in [0.29, 0.717) is 10.4 Å². The maximum Gasteiger partial charge on any atom is 0.412 e. The lowest BCUT2D eigenvalue weighted by atomic mass is 10.1. The summed E-state index contributed by atoms with van der Waals surface area (Å²) in [5.74, 6) is -1.99. The van der Waals surface area contributed by atoms with Crippen LogP contribution in [0.3, 0.4) is 0 Å². The molecule has 0 atom stereocenters. The van der Waals surface area contributed by atoms with Gasteiger partial charge in [0.1, 0.15) is 16.6 Å². The maximum absolute atomic E-state index is 13.7. The van der Waals surface area contributed by atoms with E-state index >= 15 is 0 Å². The van der Waals surface area contributed by atoms with Crippen molar-refractivity contribution in [3.63, 3.8) is 0 Å². The van der Waals surface area contributed by atoms with E-state index in [9.17, 15) is 28.5 Å². The van der Waals surface area contributed by atoms with Crippen molar-refractivity contribution in [1.82, 2.24) is 0 Å². The highest BCUT2D eigenvalue weighted by Crippen LogP contribution is 2.36. The number of benzene rings is 2. The van der Waals surface area contributed by atoms with Gasteiger partial charge in [-0.3, -0.25) is 15.4 Å². The number of hydrogen-bond acceptors (Lipinski definition) is 7. The standard InChI is InChI=1S/C23H20F2N2O6S/c1-2-32-22(28)17-13-20(14-8-10-15(11-9-14)27(30)31)34-21(17)26-23(29)33-12-4-5-16-18(24)6-3-7-19(16)25/h3,6-11,13H,2,4-5,12H2,1H3,(H,26,29). The van der Waals surface area contributed by atoms with Crippen LogP contribution in [0.25, 0.3) is 10.4 Å². The van der Waals surface area contributed by atoms with Crippen LogP contribution in [-0.4, -0.2) is 30.2 Å². The number of hydrogen-bond donors (Lipinski definition) is 1. The predicted molar refractivity (Wildman–Crippen MR) is 122 cm³/mol. The van der Waals surface area contributed by atoms with Crippen LogP contribution in [0.2, 0.25) is 0 Å². The Bertz CT molecular complexity index is 1180. The monoisotopic (exact) mass is 490 g/mol. The van der Waals surface area contributed by atoms with Crippen LogP contribution < -0.4 is 5.32 Å². The lowest BCUT2D eigenvalue weighted by Crippen LogP contribution is -2.16. The number of nitro benzene ring substituents is 1. The van der Waals surface area contributed by atoms with E-state index in [2.05, 4.69) is 5.32 Å². The zero-order chi connectivity index (χ0) is 24.7. The number of anilines is 1. The molecule has 3 aromatic rings. The molecule has 0 unspecified atom stereocenters. The molecular formula is C23H20F2N2O6S. The minimum absolute atomic E-state index is 0.0448. The van der Waals surface area contributed by atoms with Crippen LogP contribution in [0.15, 0.2) is 48.5 Å². The van der Waals surface area contributed by atoms with Gasteiger partial charge in [0.05, 0.1) is 23.7 Å². The van der Waals surface area contributed by atoms with Gasteiger partial charge in [0.2, 0.25) is 0 Å². The van der Waals surface area contributed by atoms with Crippen molar-refractivity contribution >= 4 is 34.1 Å². The molecule has 0 radical (unpaired) electrons. The van der Waals surface area contributed by atoms with Crippen molar-refractivity contribution in [3.05, 3.63) is 81.4 Å². The van der Waals surface area contributed by atoms with E-state index in [0.717, 1.165) is 23.5 Å². The Labute approximate surface area is 197 Å². The Balaban J connectivity index is 1.67. The molecule has 0 saturated heterocycles. The van der Waals surface area contributed by atoms with Gasteiger partial charge in [-0.25, -0.2) is 18.4 Å². The van der Waals surface area contributed by atoms with Crippen molar-refractivity contribution in [2.75, 3.05) is 18.5 Å². The second-order valence-corrected chi connectivity index (χ2v) is 7.99. The molecule has 0 aliphatic heterocycles. The number of carbonyl (C=O) groups is 2. The number of thiophene rings is 1. The summed E-state index contributed by atoms with van der Waals surface area (Å²) in [6, 6.07) is 10.8. The number of non-ortho nitro benzene ring substituents is 1. The number of esters is 1. The third-order valence-electron chi connectivity index (χ3n) is 4.67. The summed E-state index contributed by atoms with van der Waals surface area (Å²) in [7, 11) is 0. The van der Waals surface area contributed by atoms with Crippen LogP contribution in [0.5, 0.6) is 0 Å². The summed E-state index contributed by atoms with van der Waals surface area (Å²) in [5, 5.41) is 13.5. The summed E-state index contributed by atoms with van der Waals surface area (Å²) >= 11 is 1.07. The number of nitro groups is 1. The summed E-state index contributed by atoms with van der Waals surface area (Å²) in [4.78, 5) is 35.5. The molecule has 1 amide bonds. The van der Waals surface area contributed by atoms with Crippen molar-refractivity contribution in [1.29, 1.82) is 0 Å². The largest absolute Gasteiger partial charge is 0.462 e. The molecule has 0 saturated carbocycles. The van der Waals surface area contributed by atoms with Crippen molar-refractivity contribution in [2.24, 2.45) is 0 Å². The Hall–Kier alpha value is -3.86. The highest BCUT2D eigenvalue weighted by molar-refractivity contribution is 7.20. The molecule has 11 heteroatoms. The predicted octanol–water partition coefficient (Wildman–Crippen LogP) is 5.96. The highest BCUT2D eigenvalue weighted by Gasteiger charge is 2.21. The molecule has 2 aromatic carbocycles. The van der Waals surface area contributed by atoms with Gasteiger partial charge in [-0.1, -0.05) is 6.07 Å². The van der Waals surface area contributed by atoms with Crippen LogP contribution in [0.1, 0.15) is 29.3 Å². The second-order valence-electron chi connectivity index (χ2n) is 6.94. The first-order valence-electron chi connectivity index (χ1n) is 10.2. The minimum atomic E-state index is -0.850. The van der Waals surface area contributed by atoms with Crippen LogP contribution in [-0.2, 0) is 15.9 Å². The molecule has 1 aromatic heterocycles. The molecule has 178 valence electrons. The number of amides is 1. The number of halogens is 2. The van der Waals surface area contributed by atoms with Crippen LogP contribution in [0.4, 0.5) is 24.3 Å². The van der Waals surface area contributed by atoms with Gasteiger partial charge in [-0.05, 0) is 55.7 Å². The van der Waals surface area contributed by atoms with Crippen molar-refractivity contribution < 1.29 is 32.8 Å². The smallest absolute Gasteiger partial charge is 0.412 e. The Morgan fingerprint density at radius 3 is 2.38 bits per heavy atom. The highest BCUT2D eigenvalue weighted by atomic mass is 32.1. The SMILES string of the molecule is CCOC(=O)c1cc(-c2ccc([N+](=O)[O-])cc2)sc1NC(=O)OCCCc1c(F)cccc1F. The molecule has 34 heavy (non-hydrogen) atoms. The van der Waals surface area contributed by atoms with E-state index in [1.54, 1.807) is 6.92 Å². The fraction of sp³-hybridized carbons (Fsp3) is 0.217. The Morgan fingerprint density at radius 2 is 1.76 bits per heavy atom. The van der Waals surface area contributed by atoms with E-state index in [4.69, 9.17) is 9.47 Å². The molecule has 0 aliphatic carbocycles. The normalized spacial score (nSPS) is 10.6. The zero-order valence-electron chi connectivity index (χ0n) is 18.0. The lowest BCUT2D eigenvalue weighted by Gasteiger charge is -2.08. The van der Waals surface area contributed by atoms with Crippen LogP contribution in [0, 0.1) is 21.7 Å².